The van der Waals surface area contributed by atoms with E-state index in [0.29, 0.717) is 18.3 Å². The smallest absolute Gasteiger partial charge is 0.234 e. The fraction of sp³-hybridized carbons (Fsp3) is 0.400. The highest BCUT2D eigenvalue weighted by Gasteiger charge is 2.03. The van der Waals surface area contributed by atoms with E-state index in [0.717, 1.165) is 17.8 Å². The van der Waals surface area contributed by atoms with E-state index in [4.69, 9.17) is 4.74 Å². The number of H-pyrrole nitrogens is 1. The van der Waals surface area contributed by atoms with Crippen molar-refractivity contribution in [1.82, 2.24) is 10.2 Å². The molecule has 0 aliphatic rings. The van der Waals surface area contributed by atoms with E-state index in [2.05, 4.69) is 45.4 Å². The van der Waals surface area contributed by atoms with Crippen LogP contribution in [0.25, 0.3) is 0 Å². The lowest BCUT2D eigenvalue weighted by Gasteiger charge is -2.17. The van der Waals surface area contributed by atoms with Crippen molar-refractivity contribution in [1.29, 1.82) is 0 Å². The Morgan fingerprint density at radius 2 is 2.05 bits per heavy atom. The van der Waals surface area contributed by atoms with Gasteiger partial charge in [0, 0.05) is 25.3 Å². The van der Waals surface area contributed by atoms with Gasteiger partial charge in [-0.05, 0) is 44.5 Å². The van der Waals surface area contributed by atoms with Gasteiger partial charge in [-0.15, -0.1) is 15.3 Å². The third kappa shape index (κ3) is 3.81. The normalized spacial score (nSPS) is 11.0. The van der Waals surface area contributed by atoms with Gasteiger partial charge in [-0.1, -0.05) is 0 Å². The molecule has 6 heteroatoms. The first kappa shape index (κ1) is 15.0. The Hall–Kier alpha value is -2.37. The van der Waals surface area contributed by atoms with Crippen molar-refractivity contribution in [2.45, 2.75) is 20.8 Å². The highest BCUT2D eigenvalue weighted by Crippen LogP contribution is 2.26. The first-order valence-corrected chi connectivity index (χ1v) is 7.05. The fourth-order valence-corrected chi connectivity index (χ4v) is 1.85. The molecule has 0 aliphatic heterocycles. The molecule has 112 valence electrons. The number of ether oxygens (including phenoxy) is 1. The number of hydrogen-bond donors (Lipinski definition) is 1. The predicted molar refractivity (Wildman–Crippen MR) is 84.1 cm³/mol. The fourth-order valence-electron chi connectivity index (χ4n) is 1.85. The molecule has 0 atom stereocenters. The largest absolute Gasteiger partial charge is 0.477 e. The molecule has 0 radical (unpaired) electrons. The molecule has 1 aromatic carbocycles. The van der Waals surface area contributed by atoms with Crippen LogP contribution < -0.4 is 9.64 Å². The molecule has 1 aromatic heterocycles. The van der Waals surface area contributed by atoms with Gasteiger partial charge >= 0.3 is 0 Å². The number of aromatic amines is 1. The quantitative estimate of drug-likeness (QED) is 0.817. The number of azo groups is 1. The van der Waals surface area contributed by atoms with Gasteiger partial charge < -0.3 is 9.64 Å². The summed E-state index contributed by atoms with van der Waals surface area (Å²) >= 11 is 0. The number of nitrogens with zero attached hydrogens (tertiary/aromatic N) is 4. The molecule has 2 rings (SSSR count). The highest BCUT2D eigenvalue weighted by atomic mass is 16.5. The summed E-state index contributed by atoms with van der Waals surface area (Å²) < 4.78 is 5.27. The molecule has 1 N–H and O–H groups in total. The Morgan fingerprint density at radius 1 is 1.24 bits per heavy atom. The third-order valence-corrected chi connectivity index (χ3v) is 3.19. The standard InChI is InChI=1S/C15H21N5O/c1-5-20(4)12-7-8-13(11(3)9-12)16-17-14-10-15(19-18-14)21-6-2/h7-10H,5-6H2,1-4H3,(H,18,19). The van der Waals surface area contributed by atoms with Crippen molar-refractivity contribution in [3.05, 3.63) is 29.8 Å². The molecule has 2 aromatic rings. The molecule has 21 heavy (non-hydrogen) atoms. The molecule has 0 saturated carbocycles. The van der Waals surface area contributed by atoms with Crippen molar-refractivity contribution < 1.29 is 4.74 Å². The zero-order chi connectivity index (χ0) is 15.2. The SMILES string of the molecule is CCOc1cc(N=Nc2ccc(N(C)CC)cc2C)[nH]n1. The molecular weight excluding hydrogens is 266 g/mol. The lowest BCUT2D eigenvalue weighted by molar-refractivity contribution is 0.326. The molecular formula is C15H21N5O. The molecule has 0 spiro atoms. The Balaban J connectivity index is 2.13. The summed E-state index contributed by atoms with van der Waals surface area (Å²) in [6, 6.07) is 7.85. The minimum absolute atomic E-state index is 0.531. The van der Waals surface area contributed by atoms with Crippen LogP contribution >= 0.6 is 0 Å². The van der Waals surface area contributed by atoms with Crippen LogP contribution in [0.5, 0.6) is 5.88 Å². The number of rotatable bonds is 6. The van der Waals surface area contributed by atoms with E-state index in [1.165, 1.54) is 5.69 Å². The van der Waals surface area contributed by atoms with Gasteiger partial charge in [-0.2, -0.15) is 0 Å². The molecule has 6 nitrogen and oxygen atoms in total. The highest BCUT2D eigenvalue weighted by molar-refractivity contribution is 5.57. The summed E-state index contributed by atoms with van der Waals surface area (Å²) in [5.41, 5.74) is 3.10. The van der Waals surface area contributed by atoms with Gasteiger partial charge in [0.05, 0.1) is 12.3 Å². The van der Waals surface area contributed by atoms with Gasteiger partial charge in [0.25, 0.3) is 0 Å². The average Bonchev–Trinajstić information content (AvgIpc) is 2.93. The lowest BCUT2D eigenvalue weighted by Crippen LogP contribution is -2.15. The Morgan fingerprint density at radius 3 is 2.71 bits per heavy atom. The number of benzene rings is 1. The molecule has 1 heterocycles. The van der Waals surface area contributed by atoms with Gasteiger partial charge in [-0.3, -0.25) is 5.10 Å². The summed E-state index contributed by atoms with van der Waals surface area (Å²) in [5.74, 6) is 1.11. The maximum Gasteiger partial charge on any atom is 0.234 e. The third-order valence-electron chi connectivity index (χ3n) is 3.19. The van der Waals surface area contributed by atoms with Crippen LogP contribution in [0.1, 0.15) is 19.4 Å². The first-order valence-electron chi connectivity index (χ1n) is 7.05. The van der Waals surface area contributed by atoms with Crippen molar-refractivity contribution in [3.63, 3.8) is 0 Å². The molecule has 0 bridgehead atoms. The number of anilines is 1. The van der Waals surface area contributed by atoms with E-state index in [-0.39, 0.29) is 0 Å². The molecule has 0 fully saturated rings. The summed E-state index contributed by atoms with van der Waals surface area (Å²) in [6.07, 6.45) is 0. The summed E-state index contributed by atoms with van der Waals surface area (Å²) in [4.78, 5) is 2.18. The molecule has 0 saturated heterocycles. The van der Waals surface area contributed by atoms with E-state index in [9.17, 15) is 0 Å². The Kier molecular flexibility index (Phi) is 4.92. The Bertz CT molecular complexity index is 620. The molecule has 0 unspecified atom stereocenters. The van der Waals surface area contributed by atoms with E-state index in [1.54, 1.807) is 6.07 Å². The zero-order valence-corrected chi connectivity index (χ0v) is 12.9. The second kappa shape index (κ2) is 6.88. The average molecular weight is 287 g/mol. The summed E-state index contributed by atoms with van der Waals surface area (Å²) in [6.45, 7) is 7.60. The maximum absolute atomic E-state index is 5.27. The maximum atomic E-state index is 5.27. The van der Waals surface area contributed by atoms with Crippen molar-refractivity contribution in [2.24, 2.45) is 10.2 Å². The van der Waals surface area contributed by atoms with Crippen molar-refractivity contribution >= 4 is 17.2 Å². The first-order chi connectivity index (χ1) is 10.1. The van der Waals surface area contributed by atoms with Gasteiger partial charge in [-0.25, -0.2) is 0 Å². The van der Waals surface area contributed by atoms with Crippen LogP contribution in [0, 0.1) is 6.92 Å². The number of aryl methyl sites for hydroxylation is 1. The van der Waals surface area contributed by atoms with E-state index in [1.807, 2.05) is 26.0 Å². The molecule has 0 aliphatic carbocycles. The van der Waals surface area contributed by atoms with Crippen LogP contribution in [0.15, 0.2) is 34.5 Å². The lowest BCUT2D eigenvalue weighted by atomic mass is 10.2. The van der Waals surface area contributed by atoms with Gasteiger partial charge in [0.15, 0.2) is 5.82 Å². The predicted octanol–water partition coefficient (Wildman–Crippen LogP) is 3.99. The van der Waals surface area contributed by atoms with Gasteiger partial charge in [0.1, 0.15) is 0 Å². The minimum atomic E-state index is 0.531. The summed E-state index contributed by atoms with van der Waals surface area (Å²) in [5, 5.41) is 15.2. The van der Waals surface area contributed by atoms with Crippen LogP contribution in [-0.2, 0) is 0 Å². The topological polar surface area (TPSA) is 65.9 Å². The summed E-state index contributed by atoms with van der Waals surface area (Å²) in [7, 11) is 2.07. The van der Waals surface area contributed by atoms with E-state index < -0.39 is 0 Å². The van der Waals surface area contributed by atoms with Crippen molar-refractivity contribution in [3.8, 4) is 5.88 Å². The van der Waals surface area contributed by atoms with Gasteiger partial charge in [0.2, 0.25) is 5.88 Å². The Labute approximate surface area is 124 Å². The second-order valence-electron chi connectivity index (χ2n) is 4.71. The van der Waals surface area contributed by atoms with E-state index >= 15 is 0 Å². The number of hydrogen-bond acceptors (Lipinski definition) is 5. The monoisotopic (exact) mass is 287 g/mol. The van der Waals surface area contributed by atoms with Crippen LogP contribution in [-0.4, -0.2) is 30.4 Å². The second-order valence-corrected chi connectivity index (χ2v) is 4.71. The van der Waals surface area contributed by atoms with Crippen LogP contribution in [0.4, 0.5) is 17.2 Å². The number of aromatic nitrogens is 2. The minimum Gasteiger partial charge on any atom is -0.477 e. The van der Waals surface area contributed by atoms with Crippen LogP contribution in [0.2, 0.25) is 0 Å². The van der Waals surface area contributed by atoms with Crippen molar-refractivity contribution in [2.75, 3.05) is 25.1 Å². The molecule has 0 amide bonds. The number of nitrogens with one attached hydrogen (secondary N) is 1. The zero-order valence-electron chi connectivity index (χ0n) is 12.9. The van der Waals surface area contributed by atoms with Crippen LogP contribution in [0.3, 0.4) is 0 Å².